The van der Waals surface area contributed by atoms with Crippen molar-refractivity contribution in [3.05, 3.63) is 48.0 Å². The molecule has 0 radical (unpaired) electrons. The number of benzene rings is 1. The summed E-state index contributed by atoms with van der Waals surface area (Å²) >= 11 is 0. The van der Waals surface area contributed by atoms with E-state index in [2.05, 4.69) is 38.4 Å². The zero-order chi connectivity index (χ0) is 10.1. The van der Waals surface area contributed by atoms with Gasteiger partial charge in [-0.1, -0.05) is 23.8 Å². The van der Waals surface area contributed by atoms with Crippen LogP contribution in [0.4, 0.5) is 0 Å². The number of rotatable bonds is 1. The highest BCUT2D eigenvalue weighted by atomic mass is 15.1. The average molecular weight is 186 g/mol. The van der Waals surface area contributed by atoms with Gasteiger partial charge >= 0.3 is 0 Å². The van der Waals surface area contributed by atoms with Crippen LogP contribution in [0.5, 0.6) is 0 Å². The highest BCUT2D eigenvalue weighted by molar-refractivity contribution is 5.41. The van der Waals surface area contributed by atoms with Crippen LogP contribution in [-0.4, -0.2) is 4.57 Å². The quantitative estimate of drug-likeness (QED) is 0.473. The van der Waals surface area contributed by atoms with Crippen LogP contribution in [0.25, 0.3) is 5.69 Å². The Bertz CT molecular complexity index is 455. The third kappa shape index (κ3) is 1.55. The largest absolute Gasteiger partial charge is 0.326 e. The third-order valence-corrected chi connectivity index (χ3v) is 2.32. The van der Waals surface area contributed by atoms with Crippen LogP contribution in [0.3, 0.4) is 0 Å². The Hall–Kier alpha value is -1.57. The molecule has 0 aliphatic carbocycles. The smallest absolute Gasteiger partial charge is 0.243 e. The Morgan fingerprint density at radius 1 is 1.29 bits per heavy atom. The fourth-order valence-corrected chi connectivity index (χ4v) is 1.61. The first-order chi connectivity index (χ1) is 6.66. The zero-order valence-electron chi connectivity index (χ0n) is 8.78. The van der Waals surface area contributed by atoms with Crippen molar-refractivity contribution in [2.75, 3.05) is 0 Å². The van der Waals surface area contributed by atoms with Crippen molar-refractivity contribution in [1.29, 1.82) is 0 Å². The Morgan fingerprint density at radius 3 is 2.64 bits per heavy atom. The van der Waals surface area contributed by atoms with Crippen LogP contribution >= 0.6 is 0 Å². The Morgan fingerprint density at radius 2 is 2.07 bits per heavy atom. The number of hydrogen-bond donors (Lipinski definition) is 0. The minimum atomic E-state index is 1.19. The lowest BCUT2D eigenvalue weighted by atomic mass is 10.1. The first-order valence-corrected chi connectivity index (χ1v) is 4.71. The molecule has 0 aliphatic heterocycles. The molecule has 0 atom stereocenters. The SMILES string of the molecule is Cc1ccc(-n2[c-][n+](C)cc2)c(C)c1. The van der Waals surface area contributed by atoms with Gasteiger partial charge in [0.15, 0.2) is 0 Å². The van der Waals surface area contributed by atoms with Crippen molar-refractivity contribution in [3.8, 4) is 5.69 Å². The van der Waals surface area contributed by atoms with Crippen LogP contribution in [0.15, 0.2) is 30.6 Å². The first-order valence-electron chi connectivity index (χ1n) is 4.71. The molecule has 0 saturated carbocycles. The molecule has 1 aromatic heterocycles. The van der Waals surface area contributed by atoms with Crippen LogP contribution in [0.2, 0.25) is 0 Å². The summed E-state index contributed by atoms with van der Waals surface area (Å²) in [6.07, 6.45) is 7.18. The molecule has 72 valence electrons. The zero-order valence-corrected chi connectivity index (χ0v) is 8.78. The minimum absolute atomic E-state index is 1.19. The normalized spacial score (nSPS) is 10.5. The molecular weight excluding hydrogens is 172 g/mol. The molecule has 0 bridgehead atoms. The van der Waals surface area contributed by atoms with Crippen LogP contribution in [-0.2, 0) is 7.05 Å². The van der Waals surface area contributed by atoms with Crippen LogP contribution < -0.4 is 4.57 Å². The molecule has 1 aromatic carbocycles. The van der Waals surface area contributed by atoms with Crippen molar-refractivity contribution in [2.24, 2.45) is 7.05 Å². The standard InChI is InChI=1S/C12H14N2/c1-10-4-5-12(11(2)8-10)14-7-6-13(3)9-14/h4-8H,1-3H3. The molecule has 2 rings (SSSR count). The summed E-state index contributed by atoms with van der Waals surface area (Å²) in [5.41, 5.74) is 3.76. The molecule has 0 N–H and O–H groups in total. The molecule has 0 saturated heterocycles. The van der Waals surface area contributed by atoms with Crippen LogP contribution in [0, 0.1) is 20.2 Å². The van der Waals surface area contributed by atoms with Gasteiger partial charge in [-0.25, -0.2) is 0 Å². The Kier molecular flexibility index (Phi) is 2.12. The summed E-state index contributed by atoms with van der Waals surface area (Å²) in [6.45, 7) is 4.23. The van der Waals surface area contributed by atoms with Gasteiger partial charge in [-0.15, -0.1) is 0 Å². The van der Waals surface area contributed by atoms with Crippen molar-refractivity contribution >= 4 is 0 Å². The molecule has 2 nitrogen and oxygen atoms in total. The predicted molar refractivity (Wildman–Crippen MR) is 55.3 cm³/mol. The molecule has 1 heterocycles. The molecule has 0 fully saturated rings. The van der Waals surface area contributed by atoms with E-state index in [4.69, 9.17) is 0 Å². The van der Waals surface area contributed by atoms with Crippen molar-refractivity contribution in [3.63, 3.8) is 0 Å². The lowest BCUT2D eigenvalue weighted by Crippen LogP contribution is -2.24. The highest BCUT2D eigenvalue weighted by Gasteiger charge is 2.00. The van der Waals surface area contributed by atoms with E-state index >= 15 is 0 Å². The Labute approximate surface area is 84.4 Å². The van der Waals surface area contributed by atoms with E-state index in [1.807, 2.05) is 28.6 Å². The molecule has 14 heavy (non-hydrogen) atoms. The van der Waals surface area contributed by atoms with E-state index in [9.17, 15) is 0 Å². The maximum atomic E-state index is 3.19. The van der Waals surface area contributed by atoms with E-state index in [0.29, 0.717) is 0 Å². The fourth-order valence-electron chi connectivity index (χ4n) is 1.61. The molecule has 0 unspecified atom stereocenters. The Balaban J connectivity index is 2.52. The maximum Gasteiger partial charge on any atom is 0.243 e. The topological polar surface area (TPSA) is 8.81 Å². The molecule has 2 heteroatoms. The first kappa shape index (κ1) is 9.00. The monoisotopic (exact) mass is 186 g/mol. The molecule has 0 amide bonds. The molecule has 0 spiro atoms. The molecule has 2 aromatic rings. The van der Waals surface area contributed by atoms with Crippen molar-refractivity contribution in [1.82, 2.24) is 4.57 Å². The summed E-state index contributed by atoms with van der Waals surface area (Å²) in [6, 6.07) is 6.43. The average Bonchev–Trinajstić information content (AvgIpc) is 2.51. The lowest BCUT2D eigenvalue weighted by molar-refractivity contribution is -0.674. The van der Waals surface area contributed by atoms with Gasteiger partial charge in [-0.2, -0.15) is 0 Å². The highest BCUT2D eigenvalue weighted by Crippen LogP contribution is 2.14. The summed E-state index contributed by atoms with van der Waals surface area (Å²) in [5.74, 6) is 0. The van der Waals surface area contributed by atoms with Crippen molar-refractivity contribution in [2.45, 2.75) is 13.8 Å². The van der Waals surface area contributed by atoms with Gasteiger partial charge in [-0.05, 0) is 19.4 Å². The summed E-state index contributed by atoms with van der Waals surface area (Å²) in [5, 5.41) is 0. The van der Waals surface area contributed by atoms with E-state index in [1.54, 1.807) is 0 Å². The summed E-state index contributed by atoms with van der Waals surface area (Å²) in [4.78, 5) is 0. The van der Waals surface area contributed by atoms with Gasteiger partial charge in [-0.3, -0.25) is 0 Å². The predicted octanol–water partition coefficient (Wildman–Crippen LogP) is 1.72. The van der Waals surface area contributed by atoms with Gasteiger partial charge in [0.25, 0.3) is 0 Å². The lowest BCUT2D eigenvalue weighted by Gasteiger charge is -2.07. The number of nitrogens with zero attached hydrogens (tertiary/aromatic N) is 2. The van der Waals surface area contributed by atoms with E-state index in [1.165, 1.54) is 16.8 Å². The second-order valence-corrected chi connectivity index (χ2v) is 3.67. The molecule has 0 aliphatic rings. The van der Waals surface area contributed by atoms with E-state index < -0.39 is 0 Å². The third-order valence-electron chi connectivity index (χ3n) is 2.32. The van der Waals surface area contributed by atoms with E-state index in [-0.39, 0.29) is 0 Å². The fraction of sp³-hybridized carbons (Fsp3) is 0.250. The summed E-state index contributed by atoms with van der Waals surface area (Å²) in [7, 11) is 1.97. The second-order valence-electron chi connectivity index (χ2n) is 3.67. The van der Waals surface area contributed by atoms with Crippen molar-refractivity contribution < 1.29 is 4.57 Å². The molecular formula is C12H14N2. The number of aryl methyl sites for hydroxylation is 3. The van der Waals surface area contributed by atoms with Gasteiger partial charge in [0.2, 0.25) is 6.33 Å². The van der Waals surface area contributed by atoms with E-state index in [0.717, 1.165) is 0 Å². The maximum absolute atomic E-state index is 3.19. The number of hydrogen-bond acceptors (Lipinski definition) is 0. The summed E-state index contributed by atoms with van der Waals surface area (Å²) < 4.78 is 3.92. The number of aromatic nitrogens is 2. The minimum Gasteiger partial charge on any atom is -0.326 e. The van der Waals surface area contributed by atoms with Crippen LogP contribution in [0.1, 0.15) is 11.1 Å². The van der Waals surface area contributed by atoms with Gasteiger partial charge in [0.1, 0.15) is 0 Å². The number of imidazole rings is 1. The van der Waals surface area contributed by atoms with Gasteiger partial charge < -0.3 is 9.13 Å². The van der Waals surface area contributed by atoms with Gasteiger partial charge in [0, 0.05) is 12.4 Å². The second kappa shape index (κ2) is 3.29. The van der Waals surface area contributed by atoms with Gasteiger partial charge in [0.05, 0.1) is 12.7 Å².